The van der Waals surface area contributed by atoms with E-state index in [1.165, 1.54) is 41.8 Å². The number of sulfonamides is 1. The van der Waals surface area contributed by atoms with Crippen LogP contribution in [0.3, 0.4) is 0 Å². The predicted molar refractivity (Wildman–Crippen MR) is 104 cm³/mol. The normalized spacial score (nSPS) is 15.7. The number of piperazine rings is 1. The van der Waals surface area contributed by atoms with Crippen LogP contribution >= 0.6 is 0 Å². The highest BCUT2D eigenvalue weighted by atomic mass is 32.2. The predicted octanol–water partition coefficient (Wildman–Crippen LogP) is 2.38. The molecule has 0 radical (unpaired) electrons. The largest absolute Gasteiger partial charge is 0.497 e. The Morgan fingerprint density at radius 1 is 1.04 bits per heavy atom. The van der Waals surface area contributed by atoms with Crippen LogP contribution in [0.1, 0.15) is 5.56 Å². The number of ether oxygens (including phenoxy) is 1. The van der Waals surface area contributed by atoms with Gasteiger partial charge in [0.1, 0.15) is 11.6 Å². The van der Waals surface area contributed by atoms with E-state index in [2.05, 4.69) is 0 Å². The molecular formula is C20H21FN2O4S. The minimum atomic E-state index is -3.62. The molecular weight excluding hydrogens is 383 g/mol. The van der Waals surface area contributed by atoms with E-state index in [0.29, 0.717) is 11.3 Å². The number of rotatable bonds is 5. The molecule has 0 bridgehead atoms. The van der Waals surface area contributed by atoms with Gasteiger partial charge in [-0.25, -0.2) is 12.8 Å². The van der Waals surface area contributed by atoms with Gasteiger partial charge in [-0.1, -0.05) is 18.2 Å². The van der Waals surface area contributed by atoms with E-state index < -0.39 is 15.8 Å². The van der Waals surface area contributed by atoms with E-state index in [1.807, 2.05) is 0 Å². The van der Waals surface area contributed by atoms with Gasteiger partial charge in [-0.15, -0.1) is 0 Å². The number of amides is 1. The molecule has 8 heteroatoms. The summed E-state index contributed by atoms with van der Waals surface area (Å²) in [6.45, 7) is 0.951. The molecule has 0 atom stereocenters. The van der Waals surface area contributed by atoms with Crippen LogP contribution in [-0.4, -0.2) is 56.8 Å². The Morgan fingerprint density at radius 2 is 1.68 bits per heavy atom. The number of carbonyl (C=O) groups excluding carboxylic acids is 1. The monoisotopic (exact) mass is 404 g/mol. The van der Waals surface area contributed by atoms with Crippen LogP contribution in [0.25, 0.3) is 6.08 Å². The summed E-state index contributed by atoms with van der Waals surface area (Å²) in [7, 11) is -2.11. The lowest BCUT2D eigenvalue weighted by molar-refractivity contribution is -0.127. The van der Waals surface area contributed by atoms with Crippen LogP contribution in [0.5, 0.6) is 5.75 Å². The lowest BCUT2D eigenvalue weighted by Gasteiger charge is -2.33. The van der Waals surface area contributed by atoms with E-state index in [0.717, 1.165) is 0 Å². The third kappa shape index (κ3) is 4.40. The van der Waals surface area contributed by atoms with Crippen LogP contribution in [0.4, 0.5) is 4.39 Å². The number of methoxy groups -OCH3 is 1. The third-order valence-electron chi connectivity index (χ3n) is 4.56. The van der Waals surface area contributed by atoms with Gasteiger partial charge < -0.3 is 9.64 Å². The molecule has 1 fully saturated rings. The molecule has 3 rings (SSSR count). The first kappa shape index (κ1) is 20.0. The first-order valence-corrected chi connectivity index (χ1v) is 10.2. The summed E-state index contributed by atoms with van der Waals surface area (Å²) >= 11 is 0. The highest BCUT2D eigenvalue weighted by Crippen LogP contribution is 2.21. The molecule has 1 saturated heterocycles. The van der Waals surface area contributed by atoms with Crippen molar-refractivity contribution < 1.29 is 22.3 Å². The zero-order chi connectivity index (χ0) is 20.1. The minimum Gasteiger partial charge on any atom is -0.497 e. The van der Waals surface area contributed by atoms with E-state index in [-0.39, 0.29) is 37.0 Å². The number of hydrogen-bond donors (Lipinski definition) is 0. The Hall–Kier alpha value is -2.71. The molecule has 0 aromatic heterocycles. The Labute approximate surface area is 163 Å². The molecule has 1 amide bonds. The van der Waals surface area contributed by atoms with Gasteiger partial charge in [0.05, 0.1) is 12.0 Å². The van der Waals surface area contributed by atoms with E-state index in [1.54, 1.807) is 35.2 Å². The fourth-order valence-electron chi connectivity index (χ4n) is 2.92. The van der Waals surface area contributed by atoms with Gasteiger partial charge in [0, 0.05) is 37.8 Å². The van der Waals surface area contributed by atoms with Crippen molar-refractivity contribution in [2.24, 2.45) is 0 Å². The van der Waals surface area contributed by atoms with Gasteiger partial charge in [0.25, 0.3) is 0 Å². The van der Waals surface area contributed by atoms with E-state index in [9.17, 15) is 17.6 Å². The van der Waals surface area contributed by atoms with Crippen LogP contribution < -0.4 is 4.74 Å². The Balaban J connectivity index is 1.61. The zero-order valence-electron chi connectivity index (χ0n) is 15.4. The van der Waals surface area contributed by atoms with Gasteiger partial charge in [0.2, 0.25) is 15.9 Å². The van der Waals surface area contributed by atoms with Crippen molar-refractivity contribution in [3.63, 3.8) is 0 Å². The summed E-state index contributed by atoms with van der Waals surface area (Å²) < 4.78 is 45.5. The smallest absolute Gasteiger partial charge is 0.246 e. The molecule has 148 valence electrons. The highest BCUT2D eigenvalue weighted by Gasteiger charge is 2.29. The topological polar surface area (TPSA) is 66.9 Å². The average molecular weight is 404 g/mol. The molecule has 0 spiro atoms. The van der Waals surface area contributed by atoms with Crippen LogP contribution in [-0.2, 0) is 14.8 Å². The molecule has 2 aromatic rings. The maximum absolute atomic E-state index is 13.6. The van der Waals surface area contributed by atoms with Gasteiger partial charge >= 0.3 is 0 Å². The summed E-state index contributed by atoms with van der Waals surface area (Å²) in [6, 6.07) is 12.4. The fraction of sp³-hybridized carbons (Fsp3) is 0.250. The standard InChI is InChI=1S/C20H21FN2O4S/c1-27-17-7-9-18(10-8-17)28(25,26)23-14-12-22(13-15-23)20(24)11-6-16-4-2-3-5-19(16)21/h2-11H,12-15H2,1H3/b11-6+. The average Bonchev–Trinajstić information content (AvgIpc) is 2.73. The van der Waals surface area contributed by atoms with Gasteiger partial charge in [-0.05, 0) is 36.4 Å². The summed E-state index contributed by atoms with van der Waals surface area (Å²) in [5.41, 5.74) is 0.330. The second-order valence-corrected chi connectivity index (χ2v) is 8.20. The fourth-order valence-corrected chi connectivity index (χ4v) is 4.34. The van der Waals surface area contributed by atoms with E-state index >= 15 is 0 Å². The summed E-state index contributed by atoms with van der Waals surface area (Å²) in [6.07, 6.45) is 2.74. The second kappa shape index (κ2) is 8.53. The number of nitrogens with zero attached hydrogens (tertiary/aromatic N) is 2. The maximum atomic E-state index is 13.6. The molecule has 1 aliphatic rings. The molecule has 6 nitrogen and oxygen atoms in total. The SMILES string of the molecule is COc1ccc(S(=O)(=O)N2CCN(C(=O)/C=C/c3ccccc3F)CC2)cc1. The molecule has 2 aromatic carbocycles. The number of benzene rings is 2. The maximum Gasteiger partial charge on any atom is 0.246 e. The third-order valence-corrected chi connectivity index (χ3v) is 6.47. The number of carbonyl (C=O) groups is 1. The summed E-state index contributed by atoms with van der Waals surface area (Å²) in [5.74, 6) is -0.0947. The van der Waals surface area contributed by atoms with Crippen molar-refractivity contribution in [2.75, 3.05) is 33.3 Å². The van der Waals surface area contributed by atoms with Crippen LogP contribution in [0.2, 0.25) is 0 Å². The van der Waals surface area contributed by atoms with Crippen LogP contribution in [0, 0.1) is 5.82 Å². The molecule has 0 saturated carbocycles. The molecule has 0 unspecified atom stereocenters. The molecule has 0 N–H and O–H groups in total. The van der Waals surface area contributed by atoms with Crippen molar-refractivity contribution in [3.8, 4) is 5.75 Å². The quantitative estimate of drug-likeness (QED) is 0.718. The van der Waals surface area contributed by atoms with Crippen molar-refractivity contribution in [1.29, 1.82) is 0 Å². The van der Waals surface area contributed by atoms with Crippen molar-refractivity contribution in [2.45, 2.75) is 4.90 Å². The number of hydrogen-bond acceptors (Lipinski definition) is 4. The second-order valence-electron chi connectivity index (χ2n) is 6.26. The van der Waals surface area contributed by atoms with Gasteiger partial charge in [0.15, 0.2) is 0 Å². The zero-order valence-corrected chi connectivity index (χ0v) is 16.2. The van der Waals surface area contributed by atoms with Crippen molar-refractivity contribution >= 4 is 22.0 Å². The lowest BCUT2D eigenvalue weighted by atomic mass is 10.2. The van der Waals surface area contributed by atoms with Crippen molar-refractivity contribution in [3.05, 3.63) is 66.0 Å². The van der Waals surface area contributed by atoms with Gasteiger partial charge in [-0.3, -0.25) is 4.79 Å². The summed E-state index contributed by atoms with van der Waals surface area (Å²) in [4.78, 5) is 14.1. The van der Waals surface area contributed by atoms with Crippen molar-refractivity contribution in [1.82, 2.24) is 9.21 Å². The lowest BCUT2D eigenvalue weighted by Crippen LogP contribution is -2.50. The first-order chi connectivity index (χ1) is 13.4. The molecule has 0 aliphatic carbocycles. The molecule has 1 aliphatic heterocycles. The Bertz CT molecular complexity index is 966. The summed E-state index contributed by atoms with van der Waals surface area (Å²) in [5, 5.41) is 0. The number of halogens is 1. The van der Waals surface area contributed by atoms with Gasteiger partial charge in [-0.2, -0.15) is 4.31 Å². The molecule has 1 heterocycles. The Morgan fingerprint density at radius 3 is 2.29 bits per heavy atom. The Kier molecular flexibility index (Phi) is 6.11. The minimum absolute atomic E-state index is 0.188. The first-order valence-electron chi connectivity index (χ1n) is 8.77. The highest BCUT2D eigenvalue weighted by molar-refractivity contribution is 7.89. The van der Waals surface area contributed by atoms with E-state index in [4.69, 9.17) is 4.74 Å². The van der Waals surface area contributed by atoms with Crippen LogP contribution in [0.15, 0.2) is 59.5 Å². The molecule has 28 heavy (non-hydrogen) atoms.